The summed E-state index contributed by atoms with van der Waals surface area (Å²) in [6, 6.07) is 0. The van der Waals surface area contributed by atoms with Crippen LogP contribution in [0.3, 0.4) is 0 Å². The van der Waals surface area contributed by atoms with E-state index >= 15 is 0 Å². The summed E-state index contributed by atoms with van der Waals surface area (Å²) in [5.74, 6) is 2.33. The van der Waals surface area contributed by atoms with Crippen LogP contribution in [0.15, 0.2) is 0 Å². The first-order valence-corrected chi connectivity index (χ1v) is 6.33. The molecule has 0 heterocycles. The van der Waals surface area contributed by atoms with E-state index in [1.54, 1.807) is 0 Å². The molecule has 0 saturated heterocycles. The van der Waals surface area contributed by atoms with Gasteiger partial charge in [0.15, 0.2) is 25.9 Å². The van der Waals surface area contributed by atoms with Crippen LogP contribution in [0.1, 0.15) is 6.42 Å². The smallest absolute Gasteiger partial charge is 0.337 e. The van der Waals surface area contributed by atoms with Crippen molar-refractivity contribution in [3.63, 3.8) is 0 Å². The molecule has 0 radical (unpaired) electrons. The first-order chi connectivity index (χ1) is 11.0. The summed E-state index contributed by atoms with van der Waals surface area (Å²) < 4.78 is 19.1. The maximum absolute atomic E-state index is 12.0. The summed E-state index contributed by atoms with van der Waals surface area (Å²) in [5.41, 5.74) is 0. The third kappa shape index (κ3) is 7.57. The predicted octanol–water partition coefficient (Wildman–Crippen LogP) is -0.463. The van der Waals surface area contributed by atoms with Crippen molar-refractivity contribution in [1.29, 1.82) is 0 Å². The second-order valence-corrected chi connectivity index (χ2v) is 3.96. The third-order valence-electron chi connectivity index (χ3n) is 2.45. The van der Waals surface area contributed by atoms with Crippen molar-refractivity contribution >= 4 is 17.9 Å². The van der Waals surface area contributed by atoms with Gasteiger partial charge < -0.3 is 18.9 Å². The van der Waals surface area contributed by atoms with Gasteiger partial charge in [-0.3, -0.25) is 9.59 Å². The third-order valence-corrected chi connectivity index (χ3v) is 2.45. The highest BCUT2D eigenvalue weighted by atomic mass is 16.6. The van der Waals surface area contributed by atoms with Crippen molar-refractivity contribution in [2.75, 3.05) is 26.9 Å². The molecule has 0 aromatic heterocycles. The molecule has 23 heavy (non-hydrogen) atoms. The molecule has 0 amide bonds. The highest BCUT2D eigenvalue weighted by molar-refractivity contribution is 5.87. The van der Waals surface area contributed by atoms with Gasteiger partial charge in [-0.2, -0.15) is 0 Å². The minimum atomic E-state index is -1.41. The molecule has 0 spiro atoms. The van der Waals surface area contributed by atoms with E-state index in [0.29, 0.717) is 0 Å². The lowest BCUT2D eigenvalue weighted by Crippen LogP contribution is -2.40. The largest absolute Gasteiger partial charge is 0.452 e. The minimum absolute atomic E-state index is 0.274. The van der Waals surface area contributed by atoms with Crippen LogP contribution in [0.25, 0.3) is 0 Å². The molecule has 0 aliphatic rings. The molecule has 0 aromatic carbocycles. The highest BCUT2D eigenvalue weighted by Gasteiger charge is 2.38. The average molecular weight is 320 g/mol. The van der Waals surface area contributed by atoms with Crippen LogP contribution in [-0.2, 0) is 33.3 Å². The fraction of sp³-hybridized carbons (Fsp3) is 0.438. The number of ether oxygens (including phenoxy) is 4. The van der Waals surface area contributed by atoms with Gasteiger partial charge in [0.2, 0.25) is 0 Å². The fourth-order valence-corrected chi connectivity index (χ4v) is 1.51. The second-order valence-electron chi connectivity index (χ2n) is 3.96. The molecule has 0 fully saturated rings. The molecule has 0 N–H and O–H groups in total. The van der Waals surface area contributed by atoms with Gasteiger partial charge in [-0.05, 0) is 0 Å². The summed E-state index contributed by atoms with van der Waals surface area (Å²) in [4.78, 5) is 35.5. The van der Waals surface area contributed by atoms with Crippen LogP contribution in [-0.4, -0.2) is 50.9 Å². The Morgan fingerprint density at radius 3 is 1.83 bits per heavy atom. The number of hydrogen-bond acceptors (Lipinski definition) is 7. The highest BCUT2D eigenvalue weighted by Crippen LogP contribution is 2.17. The molecule has 0 aromatic rings. The monoisotopic (exact) mass is 320 g/mol. The zero-order valence-electron chi connectivity index (χ0n) is 12.6. The van der Waals surface area contributed by atoms with Crippen molar-refractivity contribution < 1.29 is 33.3 Å². The molecule has 7 nitrogen and oxygen atoms in total. The molecule has 2 unspecified atom stereocenters. The quantitative estimate of drug-likeness (QED) is 0.322. The molecule has 0 bridgehead atoms. The van der Waals surface area contributed by atoms with Crippen molar-refractivity contribution in [3.8, 4) is 37.0 Å². The summed E-state index contributed by atoms with van der Waals surface area (Å²) >= 11 is 0. The molecule has 0 aliphatic carbocycles. The summed E-state index contributed by atoms with van der Waals surface area (Å²) in [7, 11) is 1.16. The topological polar surface area (TPSA) is 88.1 Å². The zero-order chi connectivity index (χ0) is 17.7. The summed E-state index contributed by atoms with van der Waals surface area (Å²) in [5, 5.41) is 0. The van der Waals surface area contributed by atoms with Gasteiger partial charge in [-0.1, -0.05) is 17.8 Å². The molecule has 7 heteroatoms. The first kappa shape index (κ1) is 20.1. The Morgan fingerprint density at radius 2 is 1.35 bits per heavy atom. The van der Waals surface area contributed by atoms with Crippen LogP contribution in [0, 0.1) is 42.9 Å². The Morgan fingerprint density at radius 1 is 0.870 bits per heavy atom. The lowest BCUT2D eigenvalue weighted by atomic mass is 9.98. The van der Waals surface area contributed by atoms with Gasteiger partial charge in [0.05, 0.1) is 6.42 Å². The first-order valence-electron chi connectivity index (χ1n) is 6.33. The molecule has 0 saturated carbocycles. The van der Waals surface area contributed by atoms with Gasteiger partial charge >= 0.3 is 17.9 Å². The Hall–Kier alpha value is -2.95. The van der Waals surface area contributed by atoms with E-state index < -0.39 is 36.4 Å². The lowest BCUT2D eigenvalue weighted by Gasteiger charge is -2.21. The Balaban J connectivity index is 5.13. The van der Waals surface area contributed by atoms with Crippen LogP contribution < -0.4 is 0 Å². The number of esters is 3. The van der Waals surface area contributed by atoms with Crippen LogP contribution in [0.4, 0.5) is 0 Å². The fourth-order valence-electron chi connectivity index (χ4n) is 1.51. The van der Waals surface area contributed by atoms with Crippen molar-refractivity contribution in [3.05, 3.63) is 0 Å². The van der Waals surface area contributed by atoms with E-state index in [1.165, 1.54) is 0 Å². The maximum Gasteiger partial charge on any atom is 0.337 e. The number of rotatable bonds is 9. The van der Waals surface area contributed by atoms with Gasteiger partial charge in [0.25, 0.3) is 0 Å². The van der Waals surface area contributed by atoms with Crippen LogP contribution in [0.5, 0.6) is 0 Å². The average Bonchev–Trinajstić information content (AvgIpc) is 2.55. The number of methoxy groups -OCH3 is 1. The van der Waals surface area contributed by atoms with Gasteiger partial charge in [-0.25, -0.2) is 4.79 Å². The second kappa shape index (κ2) is 11.7. The number of carbonyl (C=O) groups is 3. The predicted molar refractivity (Wildman–Crippen MR) is 78.3 cm³/mol. The summed E-state index contributed by atoms with van der Waals surface area (Å²) in [6.45, 7) is -0.916. The van der Waals surface area contributed by atoms with Crippen molar-refractivity contribution in [2.24, 2.45) is 5.92 Å². The van der Waals surface area contributed by atoms with Crippen LogP contribution >= 0.6 is 0 Å². The maximum atomic E-state index is 12.0. The van der Waals surface area contributed by atoms with E-state index in [-0.39, 0.29) is 19.8 Å². The Bertz CT molecular complexity index is 544. The molecule has 0 rings (SSSR count). The molecular formula is C16H16O7. The lowest BCUT2D eigenvalue weighted by molar-refractivity contribution is -0.170. The standard InChI is InChI=1S/C16H16O7/c1-5-8-21-13(17)11-12(15(18)22-9-6-2)14(20-4)16(19)23-10-7-3/h1-3,12,14H,8-11H2,4H3. The van der Waals surface area contributed by atoms with E-state index in [1.807, 2.05) is 0 Å². The molecule has 122 valence electrons. The van der Waals surface area contributed by atoms with Crippen LogP contribution in [0.2, 0.25) is 0 Å². The van der Waals surface area contributed by atoms with Crippen molar-refractivity contribution in [2.45, 2.75) is 12.5 Å². The van der Waals surface area contributed by atoms with Gasteiger partial charge in [0, 0.05) is 7.11 Å². The van der Waals surface area contributed by atoms with E-state index in [2.05, 4.69) is 22.5 Å². The van der Waals surface area contributed by atoms with Gasteiger partial charge in [0.1, 0.15) is 5.92 Å². The normalized spacial score (nSPS) is 11.7. The Kier molecular flexibility index (Phi) is 10.2. The molecular weight excluding hydrogens is 304 g/mol. The summed E-state index contributed by atoms with van der Waals surface area (Å²) in [6.07, 6.45) is 13.0. The van der Waals surface area contributed by atoms with E-state index in [0.717, 1.165) is 7.11 Å². The number of terminal acetylenes is 3. The van der Waals surface area contributed by atoms with Crippen molar-refractivity contribution in [1.82, 2.24) is 0 Å². The zero-order valence-corrected chi connectivity index (χ0v) is 12.6. The number of hydrogen-bond donors (Lipinski definition) is 0. The molecule has 2 atom stereocenters. The molecule has 0 aliphatic heterocycles. The SMILES string of the molecule is C#CCOC(=O)CC(C(=O)OCC#C)C(OC)C(=O)OCC#C. The minimum Gasteiger partial charge on any atom is -0.452 e. The Labute approximate surface area is 134 Å². The van der Waals surface area contributed by atoms with E-state index in [9.17, 15) is 14.4 Å². The number of carbonyl (C=O) groups excluding carboxylic acids is 3. The van der Waals surface area contributed by atoms with E-state index in [4.69, 9.17) is 33.5 Å². The van der Waals surface area contributed by atoms with Gasteiger partial charge in [-0.15, -0.1) is 19.3 Å².